The zero-order valence-electron chi connectivity index (χ0n) is 10.6. The van der Waals surface area contributed by atoms with Gasteiger partial charge in [-0.1, -0.05) is 23.7 Å². The van der Waals surface area contributed by atoms with Crippen LogP contribution in [0.1, 0.15) is 15.9 Å². The van der Waals surface area contributed by atoms with Crippen molar-refractivity contribution >= 4 is 23.2 Å². The van der Waals surface area contributed by atoms with Crippen LogP contribution in [0.5, 0.6) is 0 Å². The van der Waals surface area contributed by atoms with Crippen LogP contribution < -0.4 is 4.90 Å². The summed E-state index contributed by atoms with van der Waals surface area (Å²) in [6, 6.07) is 12.4. The van der Waals surface area contributed by atoms with E-state index in [1.54, 1.807) is 24.3 Å². The van der Waals surface area contributed by atoms with E-state index < -0.39 is 11.7 Å². The highest BCUT2D eigenvalue weighted by atomic mass is 35.5. The van der Waals surface area contributed by atoms with Gasteiger partial charge in [0.2, 0.25) is 0 Å². The molecule has 0 aliphatic rings. The van der Waals surface area contributed by atoms with E-state index in [0.29, 0.717) is 11.3 Å². The number of benzene rings is 2. The monoisotopic (exact) mass is 288 g/mol. The maximum Gasteiger partial charge on any atom is 0.261 e. The van der Waals surface area contributed by atoms with Crippen molar-refractivity contribution in [3.8, 4) is 6.07 Å². The molecule has 0 saturated heterocycles. The summed E-state index contributed by atoms with van der Waals surface area (Å²) >= 11 is 5.78. The van der Waals surface area contributed by atoms with E-state index in [1.807, 2.05) is 6.07 Å². The molecule has 0 N–H and O–H groups in total. The van der Waals surface area contributed by atoms with Gasteiger partial charge in [0, 0.05) is 12.1 Å². The SMILES string of the molecule is CN(C(=O)c1cc(Cl)ccc1F)c1ccccc1C#N. The number of hydrogen-bond donors (Lipinski definition) is 0. The number of nitrogens with zero attached hydrogens (tertiary/aromatic N) is 2. The Morgan fingerprint density at radius 1 is 1.30 bits per heavy atom. The molecular formula is C15H10ClFN2O. The number of halogens is 2. The molecule has 0 atom stereocenters. The third-order valence-electron chi connectivity index (χ3n) is 2.85. The van der Waals surface area contributed by atoms with Crippen LogP contribution in [0.2, 0.25) is 5.02 Å². The first-order valence-corrected chi connectivity index (χ1v) is 6.14. The second-order valence-electron chi connectivity index (χ2n) is 4.12. The van der Waals surface area contributed by atoms with E-state index in [4.69, 9.17) is 16.9 Å². The summed E-state index contributed by atoms with van der Waals surface area (Å²) in [7, 11) is 1.48. The van der Waals surface area contributed by atoms with Crippen LogP contribution in [0.4, 0.5) is 10.1 Å². The summed E-state index contributed by atoms with van der Waals surface area (Å²) in [5.41, 5.74) is 0.623. The van der Waals surface area contributed by atoms with Crippen molar-refractivity contribution in [3.63, 3.8) is 0 Å². The minimum absolute atomic E-state index is 0.132. The van der Waals surface area contributed by atoms with Crippen LogP contribution in [-0.4, -0.2) is 13.0 Å². The van der Waals surface area contributed by atoms with Crippen molar-refractivity contribution in [2.75, 3.05) is 11.9 Å². The van der Waals surface area contributed by atoms with Gasteiger partial charge in [-0.3, -0.25) is 4.79 Å². The number of nitriles is 1. The quantitative estimate of drug-likeness (QED) is 0.847. The van der Waals surface area contributed by atoms with Gasteiger partial charge in [0.15, 0.2) is 0 Å². The maximum atomic E-state index is 13.7. The zero-order valence-corrected chi connectivity index (χ0v) is 11.4. The van der Waals surface area contributed by atoms with Crippen molar-refractivity contribution in [3.05, 3.63) is 64.4 Å². The highest BCUT2D eigenvalue weighted by molar-refractivity contribution is 6.31. The summed E-state index contributed by atoms with van der Waals surface area (Å²) in [6.45, 7) is 0. The number of para-hydroxylation sites is 1. The minimum atomic E-state index is -0.652. The van der Waals surface area contributed by atoms with Gasteiger partial charge in [-0.2, -0.15) is 5.26 Å². The largest absolute Gasteiger partial charge is 0.310 e. The predicted molar refractivity (Wildman–Crippen MR) is 75.3 cm³/mol. The summed E-state index contributed by atoms with van der Waals surface area (Å²) in [6.07, 6.45) is 0. The fourth-order valence-electron chi connectivity index (χ4n) is 1.81. The van der Waals surface area contributed by atoms with E-state index in [2.05, 4.69) is 0 Å². The van der Waals surface area contributed by atoms with E-state index in [9.17, 15) is 9.18 Å². The van der Waals surface area contributed by atoms with Crippen molar-refractivity contribution in [1.82, 2.24) is 0 Å². The van der Waals surface area contributed by atoms with Gasteiger partial charge in [0.05, 0.1) is 16.8 Å². The first-order valence-electron chi connectivity index (χ1n) is 5.77. The molecule has 5 heteroatoms. The molecule has 3 nitrogen and oxygen atoms in total. The summed E-state index contributed by atoms with van der Waals surface area (Å²) in [5, 5.41) is 9.31. The molecule has 0 heterocycles. The Balaban J connectivity index is 2.43. The van der Waals surface area contributed by atoms with Gasteiger partial charge in [0.25, 0.3) is 5.91 Å². The Morgan fingerprint density at radius 2 is 2.00 bits per heavy atom. The fraction of sp³-hybridized carbons (Fsp3) is 0.0667. The third kappa shape index (κ3) is 2.63. The highest BCUT2D eigenvalue weighted by Gasteiger charge is 2.19. The average Bonchev–Trinajstić information content (AvgIpc) is 2.48. The molecular weight excluding hydrogens is 279 g/mol. The number of carbonyl (C=O) groups excluding carboxylic acids is 1. The van der Waals surface area contributed by atoms with Gasteiger partial charge in [-0.25, -0.2) is 4.39 Å². The predicted octanol–water partition coefficient (Wildman–Crippen LogP) is 3.63. The maximum absolute atomic E-state index is 13.7. The van der Waals surface area contributed by atoms with Crippen LogP contribution >= 0.6 is 11.6 Å². The topological polar surface area (TPSA) is 44.1 Å². The molecule has 0 fully saturated rings. The third-order valence-corrected chi connectivity index (χ3v) is 3.08. The lowest BCUT2D eigenvalue weighted by molar-refractivity contribution is 0.0989. The molecule has 0 aliphatic heterocycles. The van der Waals surface area contributed by atoms with Crippen LogP contribution in [0.25, 0.3) is 0 Å². The average molecular weight is 289 g/mol. The van der Waals surface area contributed by atoms with E-state index in [0.717, 1.165) is 6.07 Å². The molecule has 0 saturated carbocycles. The number of rotatable bonds is 2. The molecule has 0 aliphatic carbocycles. The normalized spacial score (nSPS) is 9.90. The molecule has 0 spiro atoms. The molecule has 1 amide bonds. The molecule has 0 aromatic heterocycles. The van der Waals surface area contributed by atoms with Gasteiger partial charge < -0.3 is 4.90 Å². The van der Waals surface area contributed by atoms with E-state index in [1.165, 1.54) is 24.1 Å². The van der Waals surface area contributed by atoms with Gasteiger partial charge >= 0.3 is 0 Å². The molecule has 0 radical (unpaired) electrons. The second-order valence-corrected chi connectivity index (χ2v) is 4.55. The van der Waals surface area contributed by atoms with Gasteiger partial charge in [0.1, 0.15) is 11.9 Å². The Labute approximate surface area is 120 Å². The molecule has 0 unspecified atom stereocenters. The standard InChI is InChI=1S/C15H10ClFN2O/c1-19(14-5-3-2-4-10(14)9-18)15(20)12-8-11(16)6-7-13(12)17/h2-8H,1H3. The molecule has 2 aromatic carbocycles. The second kappa shape index (κ2) is 5.72. The molecule has 2 rings (SSSR count). The number of carbonyl (C=O) groups is 1. The molecule has 100 valence electrons. The van der Waals surface area contributed by atoms with Crippen LogP contribution in [0, 0.1) is 17.1 Å². The first kappa shape index (κ1) is 14.0. The van der Waals surface area contributed by atoms with Crippen molar-refractivity contribution in [1.29, 1.82) is 5.26 Å². The smallest absolute Gasteiger partial charge is 0.261 e. The Bertz CT molecular complexity index is 709. The Kier molecular flexibility index (Phi) is 4.02. The highest BCUT2D eigenvalue weighted by Crippen LogP contribution is 2.22. The first-order chi connectivity index (χ1) is 9.54. The minimum Gasteiger partial charge on any atom is -0.310 e. The lowest BCUT2D eigenvalue weighted by Gasteiger charge is -2.19. The lowest BCUT2D eigenvalue weighted by Crippen LogP contribution is -2.27. The Hall–Kier alpha value is -2.38. The molecule has 20 heavy (non-hydrogen) atoms. The van der Waals surface area contributed by atoms with Crippen molar-refractivity contribution < 1.29 is 9.18 Å². The van der Waals surface area contributed by atoms with E-state index >= 15 is 0 Å². The fourth-order valence-corrected chi connectivity index (χ4v) is 1.98. The number of anilines is 1. The molecule has 0 bridgehead atoms. The van der Waals surface area contributed by atoms with Gasteiger partial charge in [-0.05, 0) is 30.3 Å². The summed E-state index contributed by atoms with van der Waals surface area (Å²) in [5.74, 6) is -1.21. The van der Waals surface area contributed by atoms with E-state index in [-0.39, 0.29) is 10.6 Å². The van der Waals surface area contributed by atoms with Crippen LogP contribution in [-0.2, 0) is 0 Å². The van der Waals surface area contributed by atoms with Crippen molar-refractivity contribution in [2.45, 2.75) is 0 Å². The van der Waals surface area contributed by atoms with Crippen molar-refractivity contribution in [2.24, 2.45) is 0 Å². The Morgan fingerprint density at radius 3 is 2.70 bits per heavy atom. The molecule has 2 aromatic rings. The zero-order chi connectivity index (χ0) is 14.7. The lowest BCUT2D eigenvalue weighted by atomic mass is 10.1. The summed E-state index contributed by atoms with van der Waals surface area (Å²) < 4.78 is 13.7. The van der Waals surface area contributed by atoms with Crippen LogP contribution in [0.3, 0.4) is 0 Å². The van der Waals surface area contributed by atoms with Gasteiger partial charge in [-0.15, -0.1) is 0 Å². The van der Waals surface area contributed by atoms with Crippen LogP contribution in [0.15, 0.2) is 42.5 Å². The number of hydrogen-bond acceptors (Lipinski definition) is 2. The summed E-state index contributed by atoms with van der Waals surface area (Å²) in [4.78, 5) is 13.5. The number of amides is 1.